The number of halogens is 2. The largest absolute Gasteiger partial charge is 0.326 e. The molecule has 0 spiro atoms. The Balaban J connectivity index is 1.93. The molecule has 2 aromatic carbocycles. The minimum atomic E-state index is -3.91. The number of carbonyl (C=O) groups excluding carboxylic acids is 1. The van der Waals surface area contributed by atoms with E-state index in [-0.39, 0.29) is 15.8 Å². The maximum atomic E-state index is 12.9. The third-order valence-corrected chi connectivity index (χ3v) is 6.83. The molecule has 0 fully saturated rings. The standard InChI is InChI=1S/C19H16Cl2N2O3S2/c1-11-7-14(20)8-17(21)19(11)28(25,26)23-18-10-27-9-16(18)13-3-5-15(6-4-13)22-12(2)24/h3-10,23H,1-2H3,(H,22,24). The third kappa shape index (κ3) is 4.50. The van der Waals surface area contributed by atoms with E-state index < -0.39 is 10.0 Å². The molecule has 0 unspecified atom stereocenters. The first-order valence-corrected chi connectivity index (χ1v) is 11.3. The van der Waals surface area contributed by atoms with Gasteiger partial charge in [-0.1, -0.05) is 35.3 Å². The first-order chi connectivity index (χ1) is 13.2. The molecule has 0 aliphatic heterocycles. The van der Waals surface area contributed by atoms with Gasteiger partial charge in [0.05, 0.1) is 10.7 Å². The summed E-state index contributed by atoms with van der Waals surface area (Å²) < 4.78 is 28.5. The van der Waals surface area contributed by atoms with Crippen molar-refractivity contribution in [2.75, 3.05) is 10.0 Å². The first-order valence-electron chi connectivity index (χ1n) is 8.10. The summed E-state index contributed by atoms with van der Waals surface area (Å²) in [5, 5.41) is 6.70. The Bertz CT molecular complexity index is 1120. The number of carbonyl (C=O) groups is 1. The average Bonchev–Trinajstić information content (AvgIpc) is 3.01. The molecule has 9 heteroatoms. The molecule has 0 aliphatic carbocycles. The van der Waals surface area contributed by atoms with Crippen LogP contribution in [0.3, 0.4) is 0 Å². The molecule has 146 valence electrons. The molecule has 28 heavy (non-hydrogen) atoms. The van der Waals surface area contributed by atoms with Crippen LogP contribution in [-0.2, 0) is 14.8 Å². The predicted molar refractivity (Wildman–Crippen MR) is 116 cm³/mol. The van der Waals surface area contributed by atoms with E-state index in [9.17, 15) is 13.2 Å². The zero-order chi connectivity index (χ0) is 20.5. The van der Waals surface area contributed by atoms with E-state index in [0.29, 0.717) is 22.0 Å². The SMILES string of the molecule is CC(=O)Nc1ccc(-c2cscc2NS(=O)(=O)c2c(C)cc(Cl)cc2Cl)cc1. The second-order valence-electron chi connectivity index (χ2n) is 6.10. The summed E-state index contributed by atoms with van der Waals surface area (Å²) in [5.41, 5.74) is 3.11. The Morgan fingerprint density at radius 1 is 1.07 bits per heavy atom. The zero-order valence-electron chi connectivity index (χ0n) is 14.9. The van der Waals surface area contributed by atoms with Gasteiger partial charge in [-0.25, -0.2) is 8.42 Å². The quantitative estimate of drug-likeness (QED) is 0.512. The molecule has 5 nitrogen and oxygen atoms in total. The lowest BCUT2D eigenvalue weighted by Gasteiger charge is -2.13. The molecular formula is C19H16Cl2N2O3S2. The van der Waals surface area contributed by atoms with Gasteiger partial charge < -0.3 is 5.32 Å². The van der Waals surface area contributed by atoms with Crippen molar-refractivity contribution in [3.05, 3.63) is 62.8 Å². The van der Waals surface area contributed by atoms with Gasteiger partial charge in [0, 0.05) is 34.0 Å². The first kappa shape index (κ1) is 20.7. The molecule has 0 atom stereocenters. The van der Waals surface area contributed by atoms with Crippen LogP contribution in [0.15, 0.2) is 52.1 Å². The minimum Gasteiger partial charge on any atom is -0.326 e. The van der Waals surface area contributed by atoms with Crippen LogP contribution in [0, 0.1) is 6.92 Å². The van der Waals surface area contributed by atoms with E-state index >= 15 is 0 Å². The zero-order valence-corrected chi connectivity index (χ0v) is 18.1. The fourth-order valence-electron chi connectivity index (χ4n) is 2.76. The fourth-order valence-corrected chi connectivity index (χ4v) is 5.88. The Labute approximate surface area is 177 Å². The van der Waals surface area contributed by atoms with Gasteiger partial charge in [-0.05, 0) is 42.3 Å². The van der Waals surface area contributed by atoms with Crippen LogP contribution in [-0.4, -0.2) is 14.3 Å². The van der Waals surface area contributed by atoms with Gasteiger partial charge in [0.1, 0.15) is 4.90 Å². The van der Waals surface area contributed by atoms with Gasteiger partial charge in [-0.15, -0.1) is 11.3 Å². The number of nitrogens with one attached hydrogen (secondary N) is 2. The van der Waals surface area contributed by atoms with Crippen molar-refractivity contribution in [3.63, 3.8) is 0 Å². The van der Waals surface area contributed by atoms with E-state index in [0.717, 1.165) is 11.1 Å². The molecule has 1 heterocycles. The summed E-state index contributed by atoms with van der Waals surface area (Å²) >= 11 is 13.5. The van der Waals surface area contributed by atoms with E-state index in [1.54, 1.807) is 30.5 Å². The Kier molecular flexibility index (Phi) is 6.00. The van der Waals surface area contributed by atoms with Crippen LogP contribution < -0.4 is 10.0 Å². The molecule has 1 aromatic heterocycles. The number of hydrogen-bond acceptors (Lipinski definition) is 4. The van der Waals surface area contributed by atoms with Gasteiger partial charge in [0.15, 0.2) is 0 Å². The number of rotatable bonds is 5. The highest BCUT2D eigenvalue weighted by molar-refractivity contribution is 7.93. The number of hydrogen-bond donors (Lipinski definition) is 2. The van der Waals surface area contributed by atoms with Crippen LogP contribution in [0.2, 0.25) is 10.0 Å². The van der Waals surface area contributed by atoms with Gasteiger partial charge in [0.25, 0.3) is 10.0 Å². The van der Waals surface area contributed by atoms with Crippen LogP contribution in [0.4, 0.5) is 11.4 Å². The van der Waals surface area contributed by atoms with Crippen molar-refractivity contribution in [3.8, 4) is 11.1 Å². The highest BCUT2D eigenvalue weighted by atomic mass is 35.5. The summed E-state index contributed by atoms with van der Waals surface area (Å²) in [6.07, 6.45) is 0. The number of anilines is 2. The molecular weight excluding hydrogens is 439 g/mol. The van der Waals surface area contributed by atoms with Crippen molar-refractivity contribution in [1.29, 1.82) is 0 Å². The maximum Gasteiger partial charge on any atom is 0.263 e. The predicted octanol–water partition coefficient (Wildman–Crippen LogP) is 5.79. The normalized spacial score (nSPS) is 11.3. The molecule has 0 bridgehead atoms. The van der Waals surface area contributed by atoms with Gasteiger partial charge in [-0.2, -0.15) is 0 Å². The average molecular weight is 455 g/mol. The lowest BCUT2D eigenvalue weighted by molar-refractivity contribution is -0.114. The number of sulfonamides is 1. The van der Waals surface area contributed by atoms with Crippen molar-refractivity contribution in [2.45, 2.75) is 18.7 Å². The molecule has 0 saturated heterocycles. The highest BCUT2D eigenvalue weighted by Crippen LogP contribution is 2.36. The van der Waals surface area contributed by atoms with Crippen molar-refractivity contribution >= 4 is 61.8 Å². The van der Waals surface area contributed by atoms with Crippen molar-refractivity contribution in [1.82, 2.24) is 0 Å². The summed E-state index contributed by atoms with van der Waals surface area (Å²) in [5.74, 6) is -0.160. The third-order valence-electron chi connectivity index (χ3n) is 3.89. The van der Waals surface area contributed by atoms with E-state index in [1.165, 1.54) is 24.3 Å². The summed E-state index contributed by atoms with van der Waals surface area (Å²) in [6, 6.07) is 10.1. The van der Waals surface area contributed by atoms with Gasteiger partial charge >= 0.3 is 0 Å². The van der Waals surface area contributed by atoms with Crippen LogP contribution in [0.1, 0.15) is 12.5 Å². The highest BCUT2D eigenvalue weighted by Gasteiger charge is 2.23. The second-order valence-corrected chi connectivity index (χ2v) is 9.30. The molecule has 2 N–H and O–H groups in total. The molecule has 3 aromatic rings. The summed E-state index contributed by atoms with van der Waals surface area (Å²) in [7, 11) is -3.91. The number of aryl methyl sites for hydroxylation is 1. The molecule has 0 aliphatic rings. The number of benzene rings is 2. The minimum absolute atomic E-state index is 0.00303. The van der Waals surface area contributed by atoms with Gasteiger partial charge in [0.2, 0.25) is 5.91 Å². The Morgan fingerprint density at radius 2 is 1.75 bits per heavy atom. The van der Waals surface area contributed by atoms with E-state index in [4.69, 9.17) is 23.2 Å². The Hall–Kier alpha value is -2.06. The number of amides is 1. The molecule has 0 saturated carbocycles. The fraction of sp³-hybridized carbons (Fsp3) is 0.105. The van der Waals surface area contributed by atoms with Crippen LogP contribution in [0.25, 0.3) is 11.1 Å². The maximum absolute atomic E-state index is 12.9. The lowest BCUT2D eigenvalue weighted by atomic mass is 10.1. The monoisotopic (exact) mass is 454 g/mol. The summed E-state index contributed by atoms with van der Waals surface area (Å²) in [6.45, 7) is 3.07. The van der Waals surface area contributed by atoms with Crippen molar-refractivity contribution < 1.29 is 13.2 Å². The molecule has 1 amide bonds. The Morgan fingerprint density at radius 3 is 2.36 bits per heavy atom. The topological polar surface area (TPSA) is 75.3 Å². The molecule has 3 rings (SSSR count). The smallest absolute Gasteiger partial charge is 0.263 e. The lowest BCUT2D eigenvalue weighted by Crippen LogP contribution is -2.15. The molecule has 0 radical (unpaired) electrons. The summed E-state index contributed by atoms with van der Waals surface area (Å²) in [4.78, 5) is 11.1. The van der Waals surface area contributed by atoms with E-state index in [2.05, 4.69) is 10.0 Å². The van der Waals surface area contributed by atoms with Crippen LogP contribution >= 0.6 is 34.5 Å². The van der Waals surface area contributed by atoms with Crippen molar-refractivity contribution in [2.24, 2.45) is 0 Å². The van der Waals surface area contributed by atoms with Gasteiger partial charge in [-0.3, -0.25) is 9.52 Å². The second kappa shape index (κ2) is 8.13. The van der Waals surface area contributed by atoms with Crippen LogP contribution in [0.5, 0.6) is 0 Å². The van der Waals surface area contributed by atoms with E-state index in [1.807, 2.05) is 17.5 Å². The number of thiophene rings is 1.